The predicted molar refractivity (Wildman–Crippen MR) is 296 cm³/mol. The minimum atomic E-state index is -1.67. The van der Waals surface area contributed by atoms with Crippen LogP contribution in [0.3, 0.4) is 0 Å². The van der Waals surface area contributed by atoms with Crippen LogP contribution in [-0.4, -0.2) is 149 Å². The molecule has 1 spiro atoms. The van der Waals surface area contributed by atoms with Crippen LogP contribution in [0.4, 0.5) is 4.79 Å². The van der Waals surface area contributed by atoms with E-state index in [2.05, 4.69) is 42.5 Å². The molecule has 1 aliphatic carbocycles. The van der Waals surface area contributed by atoms with Crippen molar-refractivity contribution < 1.29 is 57.5 Å². The third kappa shape index (κ3) is 20.0. The van der Waals surface area contributed by atoms with Crippen LogP contribution in [0.5, 0.6) is 5.75 Å². The van der Waals surface area contributed by atoms with Gasteiger partial charge in [0.15, 0.2) is 0 Å². The lowest BCUT2D eigenvalue weighted by Crippen LogP contribution is -2.61. The van der Waals surface area contributed by atoms with Gasteiger partial charge in [-0.1, -0.05) is 97.2 Å². The molecule has 2 heterocycles. The molecule has 26 heteroatoms. The molecule has 12 amide bonds. The van der Waals surface area contributed by atoms with Gasteiger partial charge in [-0.15, -0.1) is 0 Å². The van der Waals surface area contributed by atoms with Crippen molar-refractivity contribution in [3.63, 3.8) is 0 Å². The fraction of sp³-hybridized carbons (Fsp3) is 0.566. The molecular formula is C53H76N12O12S2. The first-order valence-electron chi connectivity index (χ1n) is 26.7. The van der Waals surface area contributed by atoms with Gasteiger partial charge in [-0.05, 0) is 74.6 Å². The number of carbonyl (C=O) groups excluding carboxylic acids is 11. The van der Waals surface area contributed by atoms with Crippen molar-refractivity contribution in [3.05, 3.63) is 65.7 Å². The van der Waals surface area contributed by atoms with Crippen molar-refractivity contribution >= 4 is 86.7 Å². The Morgan fingerprint density at radius 3 is 2.01 bits per heavy atom. The van der Waals surface area contributed by atoms with Gasteiger partial charge in [0, 0.05) is 42.9 Å². The first-order chi connectivity index (χ1) is 37.7. The van der Waals surface area contributed by atoms with E-state index in [9.17, 15) is 52.7 Å². The molecule has 3 fully saturated rings. The average Bonchev–Trinajstić information content (AvgIpc) is 3.91. The van der Waals surface area contributed by atoms with E-state index in [1.165, 1.54) is 26.5 Å². The van der Waals surface area contributed by atoms with Crippen molar-refractivity contribution in [1.82, 2.24) is 47.4 Å². The highest BCUT2D eigenvalue weighted by molar-refractivity contribution is 8.77. The molecule has 2 aromatic rings. The number of primary amides is 3. The maximum absolute atomic E-state index is 14.9. The second kappa shape index (κ2) is 30.9. The lowest BCUT2D eigenvalue weighted by atomic mass is 9.85. The number of benzene rings is 2. The summed E-state index contributed by atoms with van der Waals surface area (Å²) in [6.07, 6.45) is 3.54. The van der Waals surface area contributed by atoms with Gasteiger partial charge in [-0.2, -0.15) is 0 Å². The lowest BCUT2D eigenvalue weighted by molar-refractivity contribution is -0.142. The van der Waals surface area contributed by atoms with Crippen molar-refractivity contribution in [2.45, 2.75) is 151 Å². The number of hydrogen-bond donors (Lipinski definition) is 11. The van der Waals surface area contributed by atoms with Crippen molar-refractivity contribution in [2.24, 2.45) is 23.1 Å². The molecule has 3 aliphatic rings. The normalized spacial score (nSPS) is 22.9. The topological polar surface area (TPSA) is 375 Å². The zero-order valence-electron chi connectivity index (χ0n) is 44.9. The van der Waals surface area contributed by atoms with Gasteiger partial charge in [-0.3, -0.25) is 47.9 Å². The molecule has 79 heavy (non-hydrogen) atoms. The average molecular weight is 1140 g/mol. The lowest BCUT2D eigenvalue weighted by Gasteiger charge is -2.37. The Labute approximate surface area is 467 Å². The summed E-state index contributed by atoms with van der Waals surface area (Å²) in [4.78, 5) is 151. The van der Waals surface area contributed by atoms with Crippen LogP contribution >= 0.6 is 21.6 Å². The summed E-state index contributed by atoms with van der Waals surface area (Å²) in [7, 11) is 2.57. The predicted octanol–water partition coefficient (Wildman–Crippen LogP) is -0.160. The maximum Gasteiger partial charge on any atom is 0.312 e. The number of nitrogens with zero attached hydrogens (tertiary/aromatic N) is 1. The minimum absolute atomic E-state index is 0.0111. The standard InChI is InChI=1S/C53H76N12O12S2/c1-4-77-34-19-17-33(18-20-34)26-36-46(70)61-37(25-32-13-7-5-8-14-32)48(72)64-44(31(2)3)50(74)62-38(27-41(54)66)47(71)63-39(30-78-79-53(28-43(68)59-36)21-9-6-10-22-53)51(75)65-24-12-16-40(65)49(73)60-35(15-11-23-57-52(56)76)45(69)58-29-42(55)67/h5,7-8,13-14,17-20,31,35-40,44H,4,6,9-12,15-16,21-30H2,1-3H3,(H2,54,66)(H2,55,67)(H,58,69)(H,59,68)(H,60,73)(H,61,70)(H,62,74)(H,63,71)(H,64,72)(H3,56,57,76)/t35?,36-,37-,38+,39-,40+,44+/m1/s1. The molecule has 1 unspecified atom stereocenters. The molecule has 0 aromatic heterocycles. The highest BCUT2D eigenvalue weighted by Gasteiger charge is 2.42. The fourth-order valence-corrected chi connectivity index (χ4v) is 13.0. The number of amides is 12. The summed E-state index contributed by atoms with van der Waals surface area (Å²) in [5.41, 5.74) is 17.4. The van der Waals surface area contributed by atoms with E-state index in [-0.39, 0.29) is 57.4 Å². The van der Waals surface area contributed by atoms with Crippen LogP contribution in [0.15, 0.2) is 54.6 Å². The molecule has 2 aromatic carbocycles. The minimum Gasteiger partial charge on any atom is -0.494 e. The van der Waals surface area contributed by atoms with Crippen LogP contribution in [0, 0.1) is 5.92 Å². The summed E-state index contributed by atoms with van der Waals surface area (Å²) >= 11 is 0. The monoisotopic (exact) mass is 1140 g/mol. The van der Waals surface area contributed by atoms with E-state index < -0.39 is 131 Å². The van der Waals surface area contributed by atoms with Crippen molar-refractivity contribution in [3.8, 4) is 5.75 Å². The molecule has 24 nitrogen and oxygen atoms in total. The summed E-state index contributed by atoms with van der Waals surface area (Å²) in [6, 6.07) is 5.89. The smallest absolute Gasteiger partial charge is 0.312 e. The zero-order valence-corrected chi connectivity index (χ0v) is 46.6. The van der Waals surface area contributed by atoms with Crippen LogP contribution in [0.2, 0.25) is 0 Å². The Balaban J connectivity index is 1.52. The number of nitrogens with two attached hydrogens (primary N) is 3. The first-order valence-corrected chi connectivity index (χ1v) is 29.0. The summed E-state index contributed by atoms with van der Waals surface area (Å²) in [5.74, 6) is -7.87. The number of hydrogen-bond acceptors (Lipinski definition) is 14. The molecule has 0 bridgehead atoms. The van der Waals surface area contributed by atoms with Gasteiger partial charge in [0.1, 0.15) is 48.0 Å². The van der Waals surface area contributed by atoms with Gasteiger partial charge >= 0.3 is 6.03 Å². The van der Waals surface area contributed by atoms with Crippen LogP contribution in [0.25, 0.3) is 0 Å². The third-order valence-corrected chi connectivity index (χ3v) is 17.1. The van der Waals surface area contributed by atoms with Gasteiger partial charge in [0.2, 0.25) is 59.1 Å². The second-order valence-corrected chi connectivity index (χ2v) is 23.1. The molecule has 0 radical (unpaired) electrons. The Morgan fingerprint density at radius 1 is 0.747 bits per heavy atom. The maximum atomic E-state index is 14.9. The van der Waals surface area contributed by atoms with Crippen molar-refractivity contribution in [2.75, 3.05) is 32.0 Å². The highest BCUT2D eigenvalue weighted by atomic mass is 33.1. The Morgan fingerprint density at radius 2 is 1.38 bits per heavy atom. The largest absolute Gasteiger partial charge is 0.494 e. The van der Waals surface area contributed by atoms with Crippen LogP contribution < -0.4 is 64.5 Å². The second-order valence-electron chi connectivity index (χ2n) is 20.3. The molecule has 14 N–H and O–H groups in total. The third-order valence-electron chi connectivity index (χ3n) is 13.7. The van der Waals surface area contributed by atoms with Crippen LogP contribution in [0.1, 0.15) is 103 Å². The molecule has 1 saturated carbocycles. The van der Waals surface area contributed by atoms with Gasteiger partial charge in [-0.25, -0.2) is 4.79 Å². The van der Waals surface area contributed by atoms with Gasteiger partial charge in [0.05, 0.1) is 19.6 Å². The van der Waals surface area contributed by atoms with Crippen LogP contribution in [-0.2, 0) is 60.8 Å². The molecule has 2 saturated heterocycles. The van der Waals surface area contributed by atoms with E-state index in [1.54, 1.807) is 68.4 Å². The summed E-state index contributed by atoms with van der Waals surface area (Å²) in [6.45, 7) is 5.16. The van der Waals surface area contributed by atoms with Gasteiger partial charge in [0.25, 0.3) is 0 Å². The molecule has 2 aliphatic heterocycles. The van der Waals surface area contributed by atoms with E-state index in [0.29, 0.717) is 42.7 Å². The SMILES string of the molecule is CCOc1ccc(C[C@H]2NC(=O)CC3(CCCCC3)SSC[C@H](C(=O)N3CCC[C@H]3C(=O)NC(CCCNC(N)=O)C(=O)NCC(N)=O)NC(=O)[C@H](CC(N)=O)NC(=O)[C@H](C(C)C)NC(=O)[C@@H](Cc3ccccc3)NC2=O)cc1. The zero-order chi connectivity index (χ0) is 57.6. The number of rotatable bonds is 19. The number of nitrogens with one attached hydrogen (secondary N) is 8. The van der Waals surface area contributed by atoms with E-state index in [0.717, 1.165) is 19.3 Å². The summed E-state index contributed by atoms with van der Waals surface area (Å²) in [5, 5.41) is 21.3. The molecular weight excluding hydrogens is 1060 g/mol. The Hall–Kier alpha value is -7.09. The quantitative estimate of drug-likeness (QED) is 0.0644. The Kier molecular flexibility index (Phi) is 24.5. The number of urea groups is 1. The number of likely N-dealkylation sites (tertiary alicyclic amines) is 1. The number of carbonyl (C=O) groups is 11. The fourth-order valence-electron chi connectivity index (χ4n) is 9.68. The molecule has 432 valence electrons. The van der Waals surface area contributed by atoms with E-state index in [4.69, 9.17) is 21.9 Å². The molecule has 5 rings (SSSR count). The Bertz CT molecular complexity index is 2480. The molecule has 7 atom stereocenters. The van der Waals surface area contributed by atoms with Crippen molar-refractivity contribution in [1.29, 1.82) is 0 Å². The van der Waals surface area contributed by atoms with E-state index in [1.807, 2.05) is 6.92 Å². The summed E-state index contributed by atoms with van der Waals surface area (Å²) < 4.78 is 4.91. The van der Waals surface area contributed by atoms with E-state index >= 15 is 0 Å². The highest BCUT2D eigenvalue weighted by Crippen LogP contribution is 2.48. The number of ether oxygens (including phenoxy) is 1. The van der Waals surface area contributed by atoms with Gasteiger partial charge < -0.3 is 69.4 Å². The first kappa shape index (κ1) is 62.7.